The van der Waals surface area contributed by atoms with Gasteiger partial charge in [0, 0.05) is 10.8 Å². The Morgan fingerprint density at radius 2 is 1.65 bits per heavy atom. The number of carboxylic acid groups (broad SMARTS) is 1. The first-order valence-electron chi connectivity index (χ1n) is 7.54. The Labute approximate surface area is 133 Å². The molecule has 0 radical (unpaired) electrons. The number of benzene rings is 3. The fourth-order valence-corrected chi connectivity index (χ4v) is 3.71. The highest BCUT2D eigenvalue weighted by molar-refractivity contribution is 6.06. The quantitative estimate of drug-likeness (QED) is 0.693. The summed E-state index contributed by atoms with van der Waals surface area (Å²) in [5, 5.41) is 21.4. The third kappa shape index (κ3) is 1.73. The Hall–Kier alpha value is -2.81. The van der Waals surface area contributed by atoms with E-state index in [0.29, 0.717) is 0 Å². The summed E-state index contributed by atoms with van der Waals surface area (Å²) in [6.45, 7) is 4.21. The SMILES string of the molecule is CC1(C)c2ccc(C(=O)O)cc2-c2c1cc(O)c1ccccc21. The number of phenolic OH excluding ortho intramolecular Hbond substituents is 1. The molecule has 3 nitrogen and oxygen atoms in total. The molecule has 1 aliphatic rings. The Morgan fingerprint density at radius 3 is 2.35 bits per heavy atom. The lowest BCUT2D eigenvalue weighted by molar-refractivity contribution is 0.0697. The number of hydrogen-bond donors (Lipinski definition) is 2. The summed E-state index contributed by atoms with van der Waals surface area (Å²) in [5.41, 5.74) is 4.11. The van der Waals surface area contributed by atoms with E-state index in [4.69, 9.17) is 0 Å². The van der Waals surface area contributed by atoms with E-state index in [1.807, 2.05) is 36.4 Å². The molecule has 0 spiro atoms. The van der Waals surface area contributed by atoms with Gasteiger partial charge in [-0.1, -0.05) is 44.2 Å². The second-order valence-electron chi connectivity index (χ2n) is 6.55. The van der Waals surface area contributed by atoms with Crippen molar-refractivity contribution in [1.29, 1.82) is 0 Å². The minimum absolute atomic E-state index is 0.263. The van der Waals surface area contributed by atoms with Crippen LogP contribution in [-0.4, -0.2) is 16.2 Å². The normalized spacial score (nSPS) is 14.5. The first-order chi connectivity index (χ1) is 10.9. The predicted molar refractivity (Wildman–Crippen MR) is 90.1 cm³/mol. The number of rotatable bonds is 1. The summed E-state index contributed by atoms with van der Waals surface area (Å²) in [6, 6.07) is 14.8. The molecule has 0 heterocycles. The van der Waals surface area contributed by atoms with Crippen molar-refractivity contribution >= 4 is 16.7 Å². The molecule has 0 atom stereocenters. The Bertz CT molecular complexity index is 984. The first kappa shape index (κ1) is 13.8. The van der Waals surface area contributed by atoms with Gasteiger partial charge in [0.1, 0.15) is 5.75 Å². The molecule has 0 aliphatic heterocycles. The molecular weight excluding hydrogens is 288 g/mol. The first-order valence-corrected chi connectivity index (χ1v) is 7.54. The van der Waals surface area contributed by atoms with Gasteiger partial charge in [-0.2, -0.15) is 0 Å². The summed E-state index contributed by atoms with van der Waals surface area (Å²) in [4.78, 5) is 11.4. The lowest BCUT2D eigenvalue weighted by Gasteiger charge is -2.22. The van der Waals surface area contributed by atoms with Gasteiger partial charge in [0.05, 0.1) is 5.56 Å². The standard InChI is InChI=1S/C20H16O3/c1-20(2)15-8-7-11(19(22)23)9-14(15)18-13-6-4-3-5-12(13)17(21)10-16(18)20/h3-10,21H,1-2H3,(H,22,23). The van der Waals surface area contributed by atoms with Crippen LogP contribution in [0.5, 0.6) is 5.75 Å². The van der Waals surface area contributed by atoms with Crippen molar-refractivity contribution in [2.75, 3.05) is 0 Å². The van der Waals surface area contributed by atoms with Crippen LogP contribution < -0.4 is 0 Å². The zero-order chi connectivity index (χ0) is 16.4. The van der Waals surface area contributed by atoms with Crippen molar-refractivity contribution in [2.24, 2.45) is 0 Å². The molecular formula is C20H16O3. The summed E-state index contributed by atoms with van der Waals surface area (Å²) < 4.78 is 0. The van der Waals surface area contributed by atoms with Crippen LogP contribution in [0.1, 0.15) is 35.3 Å². The van der Waals surface area contributed by atoms with E-state index in [2.05, 4.69) is 13.8 Å². The maximum absolute atomic E-state index is 11.4. The van der Waals surface area contributed by atoms with Gasteiger partial charge in [-0.3, -0.25) is 0 Å². The van der Waals surface area contributed by atoms with Gasteiger partial charge in [-0.05, 0) is 45.8 Å². The van der Waals surface area contributed by atoms with Crippen LogP contribution in [0.15, 0.2) is 48.5 Å². The maximum atomic E-state index is 11.4. The van der Waals surface area contributed by atoms with Crippen LogP contribution in [-0.2, 0) is 5.41 Å². The Morgan fingerprint density at radius 1 is 0.957 bits per heavy atom. The van der Waals surface area contributed by atoms with Crippen LogP contribution in [0, 0.1) is 0 Å². The Balaban J connectivity index is 2.18. The third-order valence-electron chi connectivity index (χ3n) is 4.91. The summed E-state index contributed by atoms with van der Waals surface area (Å²) in [6.07, 6.45) is 0. The number of carbonyl (C=O) groups is 1. The highest BCUT2D eigenvalue weighted by Crippen LogP contribution is 2.53. The van der Waals surface area contributed by atoms with Gasteiger partial charge in [0.25, 0.3) is 0 Å². The smallest absolute Gasteiger partial charge is 0.335 e. The number of phenols is 1. The predicted octanol–water partition coefficient (Wildman–Crippen LogP) is 4.55. The average Bonchev–Trinajstić information content (AvgIpc) is 2.75. The molecule has 3 aromatic carbocycles. The van der Waals surface area contributed by atoms with Crippen LogP contribution >= 0.6 is 0 Å². The lowest BCUT2D eigenvalue weighted by Crippen LogP contribution is -2.15. The maximum Gasteiger partial charge on any atom is 0.335 e. The largest absolute Gasteiger partial charge is 0.507 e. The van der Waals surface area contributed by atoms with Crippen molar-refractivity contribution in [3.63, 3.8) is 0 Å². The number of aromatic carboxylic acids is 1. The van der Waals surface area contributed by atoms with Gasteiger partial charge >= 0.3 is 5.97 Å². The summed E-state index contributed by atoms with van der Waals surface area (Å²) in [7, 11) is 0. The van der Waals surface area contributed by atoms with Crippen molar-refractivity contribution in [1.82, 2.24) is 0 Å². The Kier molecular flexibility index (Phi) is 2.62. The zero-order valence-corrected chi connectivity index (χ0v) is 12.9. The summed E-state index contributed by atoms with van der Waals surface area (Å²) in [5.74, 6) is -0.666. The van der Waals surface area contributed by atoms with Crippen molar-refractivity contribution in [2.45, 2.75) is 19.3 Å². The molecule has 0 aromatic heterocycles. The highest BCUT2D eigenvalue weighted by atomic mass is 16.4. The molecule has 23 heavy (non-hydrogen) atoms. The number of carboxylic acids is 1. The molecule has 0 saturated carbocycles. The van der Waals surface area contributed by atoms with Gasteiger partial charge < -0.3 is 10.2 Å². The molecule has 0 amide bonds. The van der Waals surface area contributed by atoms with E-state index in [1.54, 1.807) is 12.1 Å². The van der Waals surface area contributed by atoms with Crippen molar-refractivity contribution in [3.8, 4) is 16.9 Å². The van der Waals surface area contributed by atoms with E-state index in [-0.39, 0.29) is 16.7 Å². The van der Waals surface area contributed by atoms with E-state index >= 15 is 0 Å². The second-order valence-corrected chi connectivity index (χ2v) is 6.55. The molecule has 0 unspecified atom stereocenters. The van der Waals surface area contributed by atoms with E-state index < -0.39 is 5.97 Å². The van der Waals surface area contributed by atoms with Crippen LogP contribution in [0.3, 0.4) is 0 Å². The van der Waals surface area contributed by atoms with Crippen LogP contribution in [0.4, 0.5) is 0 Å². The molecule has 0 saturated heterocycles. The van der Waals surface area contributed by atoms with Gasteiger partial charge in [0.15, 0.2) is 0 Å². The second kappa shape index (κ2) is 4.35. The van der Waals surface area contributed by atoms with Crippen LogP contribution in [0.25, 0.3) is 21.9 Å². The van der Waals surface area contributed by atoms with E-state index in [1.165, 1.54) is 0 Å². The molecule has 0 fully saturated rings. The number of fused-ring (bicyclic) bond motifs is 5. The van der Waals surface area contributed by atoms with Gasteiger partial charge in [0.2, 0.25) is 0 Å². The van der Waals surface area contributed by atoms with E-state index in [0.717, 1.165) is 33.0 Å². The van der Waals surface area contributed by atoms with Gasteiger partial charge in [-0.15, -0.1) is 0 Å². The molecule has 3 aromatic rings. The fraction of sp³-hybridized carbons (Fsp3) is 0.150. The number of aromatic hydroxyl groups is 1. The minimum Gasteiger partial charge on any atom is -0.507 e. The van der Waals surface area contributed by atoms with Crippen molar-refractivity contribution < 1.29 is 15.0 Å². The summed E-state index contributed by atoms with van der Waals surface area (Å²) >= 11 is 0. The van der Waals surface area contributed by atoms with Crippen LogP contribution in [0.2, 0.25) is 0 Å². The number of hydrogen-bond acceptors (Lipinski definition) is 2. The monoisotopic (exact) mass is 304 g/mol. The lowest BCUT2D eigenvalue weighted by atomic mass is 9.82. The fourth-order valence-electron chi connectivity index (χ4n) is 3.71. The molecule has 4 rings (SSSR count). The highest BCUT2D eigenvalue weighted by Gasteiger charge is 2.37. The zero-order valence-electron chi connectivity index (χ0n) is 12.9. The minimum atomic E-state index is -0.929. The molecule has 114 valence electrons. The molecule has 1 aliphatic carbocycles. The molecule has 2 N–H and O–H groups in total. The third-order valence-corrected chi connectivity index (χ3v) is 4.91. The van der Waals surface area contributed by atoms with Crippen molar-refractivity contribution in [3.05, 3.63) is 65.2 Å². The van der Waals surface area contributed by atoms with E-state index in [9.17, 15) is 15.0 Å². The molecule has 0 bridgehead atoms. The molecule has 3 heteroatoms. The topological polar surface area (TPSA) is 57.5 Å². The average molecular weight is 304 g/mol. The van der Waals surface area contributed by atoms with Gasteiger partial charge in [-0.25, -0.2) is 4.79 Å².